The maximum absolute atomic E-state index is 12.3. The molecule has 0 saturated carbocycles. The molecule has 142 valence electrons. The molecule has 2 aromatic heterocycles. The van der Waals surface area contributed by atoms with E-state index in [4.69, 9.17) is 4.42 Å². The van der Waals surface area contributed by atoms with Crippen LogP contribution in [0.25, 0.3) is 6.08 Å². The number of nitriles is 1. The van der Waals surface area contributed by atoms with E-state index in [-0.39, 0.29) is 5.91 Å². The molecule has 0 fully saturated rings. The molecular formula is C22H26N2O2S. The highest BCUT2D eigenvalue weighted by Crippen LogP contribution is 2.45. The van der Waals surface area contributed by atoms with Crippen molar-refractivity contribution in [1.29, 1.82) is 5.26 Å². The third kappa shape index (κ3) is 4.17. The lowest BCUT2D eigenvalue weighted by Gasteiger charge is -2.36. The average molecular weight is 383 g/mol. The minimum atomic E-state index is -0.246. The summed E-state index contributed by atoms with van der Waals surface area (Å²) in [6.45, 7) is 8.75. The Morgan fingerprint density at radius 1 is 1.48 bits per heavy atom. The van der Waals surface area contributed by atoms with Crippen LogP contribution in [0, 0.1) is 29.6 Å². The van der Waals surface area contributed by atoms with Gasteiger partial charge in [0.05, 0.1) is 5.56 Å². The summed E-state index contributed by atoms with van der Waals surface area (Å²) < 4.78 is 5.43. The first-order valence-corrected chi connectivity index (χ1v) is 10.3. The Morgan fingerprint density at radius 2 is 2.26 bits per heavy atom. The largest absolute Gasteiger partial charge is 0.462 e. The van der Waals surface area contributed by atoms with E-state index in [0.717, 1.165) is 37.0 Å². The van der Waals surface area contributed by atoms with Crippen molar-refractivity contribution in [3.05, 3.63) is 45.7 Å². The van der Waals surface area contributed by atoms with Crippen LogP contribution in [-0.4, -0.2) is 5.91 Å². The number of hydrogen-bond acceptors (Lipinski definition) is 4. The van der Waals surface area contributed by atoms with Gasteiger partial charge in [0.25, 0.3) is 0 Å². The molecule has 27 heavy (non-hydrogen) atoms. The number of anilines is 1. The molecule has 0 aromatic carbocycles. The number of nitrogens with zero attached hydrogens (tertiary/aromatic N) is 1. The van der Waals surface area contributed by atoms with E-state index < -0.39 is 0 Å². The molecule has 1 aliphatic carbocycles. The van der Waals surface area contributed by atoms with Crippen molar-refractivity contribution >= 4 is 28.3 Å². The van der Waals surface area contributed by atoms with E-state index in [0.29, 0.717) is 27.7 Å². The van der Waals surface area contributed by atoms with Gasteiger partial charge in [-0.05, 0) is 61.3 Å². The van der Waals surface area contributed by atoms with E-state index in [1.807, 2.05) is 19.1 Å². The van der Waals surface area contributed by atoms with Crippen LogP contribution < -0.4 is 5.32 Å². The van der Waals surface area contributed by atoms with Crippen LogP contribution in [0.5, 0.6) is 0 Å². The Labute approximate surface area is 164 Å². The summed E-state index contributed by atoms with van der Waals surface area (Å²) in [5.41, 5.74) is 2.06. The molecule has 0 spiro atoms. The quantitative estimate of drug-likeness (QED) is 0.673. The number of furan rings is 1. The fraction of sp³-hybridized carbons (Fsp3) is 0.455. The normalized spacial score (nSPS) is 16.9. The molecule has 2 heterocycles. The van der Waals surface area contributed by atoms with Gasteiger partial charge >= 0.3 is 0 Å². The molecule has 5 heteroatoms. The number of hydrogen-bond donors (Lipinski definition) is 1. The summed E-state index contributed by atoms with van der Waals surface area (Å²) in [6.07, 6.45) is 7.24. The fourth-order valence-electron chi connectivity index (χ4n) is 3.60. The number of nitrogens with one attached hydrogen (secondary N) is 1. The van der Waals surface area contributed by atoms with Crippen LogP contribution in [0.3, 0.4) is 0 Å². The van der Waals surface area contributed by atoms with Crippen LogP contribution in [0.1, 0.15) is 61.1 Å². The Kier molecular flexibility index (Phi) is 5.57. The smallest absolute Gasteiger partial charge is 0.249 e. The number of carbonyl (C=O) groups excluding carboxylic acids is 1. The van der Waals surface area contributed by atoms with Crippen molar-refractivity contribution in [3.63, 3.8) is 0 Å². The van der Waals surface area contributed by atoms with Crippen molar-refractivity contribution < 1.29 is 9.21 Å². The number of thiophene rings is 1. The third-order valence-electron chi connectivity index (χ3n) is 5.79. The zero-order valence-electron chi connectivity index (χ0n) is 16.4. The summed E-state index contributed by atoms with van der Waals surface area (Å²) in [7, 11) is 0. The molecular weight excluding hydrogens is 356 g/mol. The van der Waals surface area contributed by atoms with Crippen LogP contribution in [0.2, 0.25) is 0 Å². The van der Waals surface area contributed by atoms with E-state index in [1.165, 1.54) is 11.0 Å². The van der Waals surface area contributed by atoms with Crippen LogP contribution >= 0.6 is 11.3 Å². The minimum absolute atomic E-state index is 0.246. The minimum Gasteiger partial charge on any atom is -0.462 e. The second-order valence-electron chi connectivity index (χ2n) is 7.87. The molecule has 0 bridgehead atoms. The summed E-state index contributed by atoms with van der Waals surface area (Å²) >= 11 is 1.56. The van der Waals surface area contributed by atoms with Gasteiger partial charge in [0.1, 0.15) is 22.6 Å². The summed E-state index contributed by atoms with van der Waals surface area (Å²) in [5.74, 6) is 1.81. The van der Waals surface area contributed by atoms with Crippen molar-refractivity contribution in [3.8, 4) is 6.07 Å². The van der Waals surface area contributed by atoms with Gasteiger partial charge in [-0.3, -0.25) is 4.79 Å². The Balaban J connectivity index is 1.76. The summed E-state index contributed by atoms with van der Waals surface area (Å²) in [5, 5.41) is 13.2. The van der Waals surface area contributed by atoms with Crippen molar-refractivity contribution in [2.45, 2.75) is 53.4 Å². The highest BCUT2D eigenvalue weighted by Gasteiger charge is 2.33. The first kappa shape index (κ1) is 19.4. The Hall–Kier alpha value is -2.32. The number of amides is 1. The highest BCUT2D eigenvalue weighted by atomic mass is 32.1. The molecule has 1 atom stereocenters. The average Bonchev–Trinajstić information content (AvgIpc) is 3.21. The first-order valence-electron chi connectivity index (χ1n) is 9.44. The zero-order valence-corrected chi connectivity index (χ0v) is 17.2. The molecule has 0 unspecified atom stereocenters. The molecule has 0 saturated heterocycles. The lowest BCUT2D eigenvalue weighted by atomic mass is 9.69. The van der Waals surface area contributed by atoms with Crippen LogP contribution in [0.4, 0.5) is 5.00 Å². The number of rotatable bonds is 5. The lowest BCUT2D eigenvalue weighted by Crippen LogP contribution is -2.28. The van der Waals surface area contributed by atoms with Gasteiger partial charge in [0, 0.05) is 11.0 Å². The molecule has 1 amide bonds. The molecule has 1 N–H and O–H groups in total. The van der Waals surface area contributed by atoms with Gasteiger partial charge in [-0.1, -0.05) is 27.2 Å². The first-order chi connectivity index (χ1) is 12.8. The highest BCUT2D eigenvalue weighted by molar-refractivity contribution is 7.16. The van der Waals surface area contributed by atoms with Crippen molar-refractivity contribution in [2.75, 3.05) is 5.32 Å². The van der Waals surface area contributed by atoms with E-state index in [1.54, 1.807) is 17.4 Å². The molecule has 0 radical (unpaired) electrons. The fourth-order valence-corrected chi connectivity index (χ4v) is 4.88. The van der Waals surface area contributed by atoms with E-state index in [2.05, 4.69) is 32.2 Å². The predicted molar refractivity (Wildman–Crippen MR) is 110 cm³/mol. The maximum atomic E-state index is 12.3. The number of aryl methyl sites for hydroxylation is 1. The topological polar surface area (TPSA) is 66.0 Å². The van der Waals surface area contributed by atoms with Gasteiger partial charge in [-0.2, -0.15) is 5.26 Å². The molecule has 2 aromatic rings. The lowest BCUT2D eigenvalue weighted by molar-refractivity contribution is -0.111. The van der Waals surface area contributed by atoms with Crippen LogP contribution in [0.15, 0.2) is 22.6 Å². The zero-order chi connectivity index (χ0) is 19.6. The van der Waals surface area contributed by atoms with Gasteiger partial charge < -0.3 is 9.73 Å². The third-order valence-corrected chi connectivity index (χ3v) is 6.96. The van der Waals surface area contributed by atoms with Gasteiger partial charge in [-0.15, -0.1) is 11.3 Å². The number of fused-ring (bicyclic) bond motifs is 1. The van der Waals surface area contributed by atoms with Crippen molar-refractivity contribution in [2.24, 2.45) is 11.3 Å². The van der Waals surface area contributed by atoms with Gasteiger partial charge in [-0.25, -0.2) is 0 Å². The Morgan fingerprint density at radius 3 is 2.89 bits per heavy atom. The number of carbonyl (C=O) groups is 1. The molecule has 0 aliphatic heterocycles. The molecule has 4 nitrogen and oxygen atoms in total. The summed E-state index contributed by atoms with van der Waals surface area (Å²) in [6, 6.07) is 5.98. The second kappa shape index (κ2) is 7.74. The predicted octanol–water partition coefficient (Wildman–Crippen LogP) is 5.71. The monoisotopic (exact) mass is 382 g/mol. The SMILES string of the molecule is CCC(C)(C)[C@@H]1CCc2c(sc(NC(=O)/C=C/c3ccc(C)o3)c2C#N)C1. The Bertz CT molecular complexity index is 911. The van der Waals surface area contributed by atoms with Crippen LogP contribution in [-0.2, 0) is 17.6 Å². The van der Waals surface area contributed by atoms with Gasteiger partial charge in [0.15, 0.2) is 0 Å². The summed E-state index contributed by atoms with van der Waals surface area (Å²) in [4.78, 5) is 13.6. The standard InChI is InChI=1S/C22H26N2O2S/c1-5-22(3,4)15-7-10-17-18(13-23)21(27-19(17)12-15)24-20(25)11-9-16-8-6-14(2)26-16/h6,8-9,11,15H,5,7,10,12H2,1-4H3,(H,24,25)/b11-9+/t15-/m1/s1. The van der Waals surface area contributed by atoms with E-state index in [9.17, 15) is 10.1 Å². The molecule has 1 aliphatic rings. The van der Waals surface area contributed by atoms with E-state index >= 15 is 0 Å². The van der Waals surface area contributed by atoms with Crippen molar-refractivity contribution in [1.82, 2.24) is 0 Å². The second-order valence-corrected chi connectivity index (χ2v) is 8.98. The maximum Gasteiger partial charge on any atom is 0.249 e. The molecule has 3 rings (SSSR count). The van der Waals surface area contributed by atoms with Gasteiger partial charge in [0.2, 0.25) is 5.91 Å².